The van der Waals surface area contributed by atoms with Crippen LogP contribution in [0, 0.1) is 5.92 Å². The van der Waals surface area contributed by atoms with Crippen LogP contribution in [-0.2, 0) is 9.47 Å². The second-order valence-corrected chi connectivity index (χ2v) is 4.49. The Morgan fingerprint density at radius 3 is 3.07 bits per heavy atom. The summed E-state index contributed by atoms with van der Waals surface area (Å²) in [6.45, 7) is 6.07. The maximum absolute atomic E-state index is 5.94. The third-order valence-corrected chi connectivity index (χ3v) is 3.26. The molecule has 3 atom stereocenters. The van der Waals surface area contributed by atoms with Crippen LogP contribution in [0.4, 0.5) is 0 Å². The normalized spacial score (nSPS) is 38.8. The monoisotopic (exact) mass is 199 g/mol. The molecule has 14 heavy (non-hydrogen) atoms. The quantitative estimate of drug-likeness (QED) is 0.740. The van der Waals surface area contributed by atoms with E-state index in [9.17, 15) is 0 Å². The molecule has 0 amide bonds. The fourth-order valence-electron chi connectivity index (χ4n) is 2.22. The standard InChI is InChI=1S/C11H21NO2/c1-9-11(3-2-5-12-9)14-8-10-4-6-13-7-10/h9-12H,2-8H2,1H3. The number of rotatable bonds is 3. The third-order valence-electron chi connectivity index (χ3n) is 3.26. The number of ether oxygens (including phenoxy) is 2. The van der Waals surface area contributed by atoms with E-state index in [1.165, 1.54) is 19.3 Å². The summed E-state index contributed by atoms with van der Waals surface area (Å²) in [4.78, 5) is 0. The summed E-state index contributed by atoms with van der Waals surface area (Å²) in [6, 6.07) is 0.520. The molecular weight excluding hydrogens is 178 g/mol. The van der Waals surface area contributed by atoms with Crippen LogP contribution in [0.1, 0.15) is 26.2 Å². The van der Waals surface area contributed by atoms with Gasteiger partial charge in [-0.1, -0.05) is 0 Å². The SMILES string of the molecule is CC1NCCCC1OCC1CCOC1. The van der Waals surface area contributed by atoms with E-state index < -0.39 is 0 Å². The fraction of sp³-hybridized carbons (Fsp3) is 1.00. The molecule has 2 rings (SSSR count). The van der Waals surface area contributed by atoms with Crippen molar-refractivity contribution in [1.82, 2.24) is 5.32 Å². The van der Waals surface area contributed by atoms with Crippen molar-refractivity contribution in [3.05, 3.63) is 0 Å². The molecule has 82 valence electrons. The van der Waals surface area contributed by atoms with E-state index >= 15 is 0 Å². The van der Waals surface area contributed by atoms with Gasteiger partial charge in [0.25, 0.3) is 0 Å². The minimum atomic E-state index is 0.421. The van der Waals surface area contributed by atoms with Gasteiger partial charge in [0.1, 0.15) is 0 Å². The van der Waals surface area contributed by atoms with Gasteiger partial charge in [-0.05, 0) is 32.7 Å². The van der Waals surface area contributed by atoms with Crippen molar-refractivity contribution in [2.24, 2.45) is 5.92 Å². The molecule has 2 saturated heterocycles. The lowest BCUT2D eigenvalue weighted by Gasteiger charge is -2.30. The molecule has 0 aliphatic carbocycles. The van der Waals surface area contributed by atoms with Crippen LogP contribution in [0.2, 0.25) is 0 Å². The predicted octanol–water partition coefficient (Wildman–Crippen LogP) is 1.18. The lowest BCUT2D eigenvalue weighted by molar-refractivity contribution is -0.00725. The zero-order valence-corrected chi connectivity index (χ0v) is 9.00. The average molecular weight is 199 g/mol. The summed E-state index contributed by atoms with van der Waals surface area (Å²) in [6.07, 6.45) is 4.05. The van der Waals surface area contributed by atoms with Crippen molar-refractivity contribution >= 4 is 0 Å². The summed E-state index contributed by atoms with van der Waals surface area (Å²) in [5, 5.41) is 3.45. The van der Waals surface area contributed by atoms with Crippen LogP contribution >= 0.6 is 0 Å². The van der Waals surface area contributed by atoms with Crippen molar-refractivity contribution in [2.45, 2.75) is 38.3 Å². The van der Waals surface area contributed by atoms with Gasteiger partial charge in [0.05, 0.1) is 19.3 Å². The second kappa shape index (κ2) is 5.10. The average Bonchev–Trinajstić information content (AvgIpc) is 2.69. The van der Waals surface area contributed by atoms with Gasteiger partial charge in [-0.25, -0.2) is 0 Å². The van der Waals surface area contributed by atoms with Gasteiger partial charge in [0, 0.05) is 18.6 Å². The fourth-order valence-corrected chi connectivity index (χ4v) is 2.22. The Balaban J connectivity index is 1.67. The van der Waals surface area contributed by atoms with Crippen LogP contribution < -0.4 is 5.32 Å². The molecule has 0 aromatic rings. The van der Waals surface area contributed by atoms with Crippen LogP contribution in [-0.4, -0.2) is 38.5 Å². The molecule has 0 aromatic carbocycles. The molecule has 0 bridgehead atoms. The first-order valence-corrected chi connectivity index (χ1v) is 5.79. The lowest BCUT2D eigenvalue weighted by Crippen LogP contribution is -2.44. The molecule has 1 N–H and O–H groups in total. The van der Waals surface area contributed by atoms with Crippen molar-refractivity contribution in [3.8, 4) is 0 Å². The first-order chi connectivity index (χ1) is 6.86. The highest BCUT2D eigenvalue weighted by Crippen LogP contribution is 2.17. The number of piperidine rings is 1. The Labute approximate surface area is 86.2 Å². The lowest BCUT2D eigenvalue weighted by atomic mass is 10.0. The highest BCUT2D eigenvalue weighted by Gasteiger charge is 2.23. The molecule has 0 radical (unpaired) electrons. The zero-order chi connectivity index (χ0) is 9.80. The number of hydrogen-bond acceptors (Lipinski definition) is 3. The molecular formula is C11H21NO2. The van der Waals surface area contributed by atoms with E-state index in [0.717, 1.165) is 26.4 Å². The van der Waals surface area contributed by atoms with Crippen LogP contribution in [0.25, 0.3) is 0 Å². The topological polar surface area (TPSA) is 30.5 Å². The molecule has 2 aliphatic heterocycles. The zero-order valence-electron chi connectivity index (χ0n) is 9.00. The van der Waals surface area contributed by atoms with E-state index in [4.69, 9.17) is 9.47 Å². The smallest absolute Gasteiger partial charge is 0.0725 e. The first-order valence-electron chi connectivity index (χ1n) is 5.79. The van der Waals surface area contributed by atoms with Crippen molar-refractivity contribution < 1.29 is 9.47 Å². The molecule has 0 saturated carbocycles. The van der Waals surface area contributed by atoms with E-state index in [0.29, 0.717) is 18.1 Å². The van der Waals surface area contributed by atoms with Gasteiger partial charge in [0.15, 0.2) is 0 Å². The van der Waals surface area contributed by atoms with Gasteiger partial charge in [-0.15, -0.1) is 0 Å². The Hall–Kier alpha value is -0.120. The Morgan fingerprint density at radius 2 is 2.36 bits per heavy atom. The van der Waals surface area contributed by atoms with E-state index in [-0.39, 0.29) is 0 Å². The molecule has 3 heteroatoms. The third kappa shape index (κ3) is 2.69. The van der Waals surface area contributed by atoms with E-state index in [2.05, 4.69) is 12.2 Å². The Morgan fingerprint density at radius 1 is 1.43 bits per heavy atom. The summed E-state index contributed by atoms with van der Waals surface area (Å²) >= 11 is 0. The highest BCUT2D eigenvalue weighted by molar-refractivity contribution is 4.78. The van der Waals surface area contributed by atoms with E-state index in [1.807, 2.05) is 0 Å². The maximum atomic E-state index is 5.94. The van der Waals surface area contributed by atoms with Gasteiger partial charge in [-0.2, -0.15) is 0 Å². The van der Waals surface area contributed by atoms with Crippen LogP contribution in [0.3, 0.4) is 0 Å². The van der Waals surface area contributed by atoms with Crippen molar-refractivity contribution in [2.75, 3.05) is 26.4 Å². The number of hydrogen-bond donors (Lipinski definition) is 1. The van der Waals surface area contributed by atoms with Gasteiger partial charge in [0.2, 0.25) is 0 Å². The minimum Gasteiger partial charge on any atom is -0.381 e. The molecule has 0 aromatic heterocycles. The maximum Gasteiger partial charge on any atom is 0.0725 e. The molecule has 3 unspecified atom stereocenters. The van der Waals surface area contributed by atoms with Crippen LogP contribution in [0.15, 0.2) is 0 Å². The Kier molecular flexibility index (Phi) is 3.79. The van der Waals surface area contributed by atoms with E-state index in [1.54, 1.807) is 0 Å². The van der Waals surface area contributed by atoms with Gasteiger partial charge >= 0.3 is 0 Å². The predicted molar refractivity (Wildman–Crippen MR) is 55.4 cm³/mol. The van der Waals surface area contributed by atoms with Gasteiger partial charge in [-0.3, -0.25) is 0 Å². The summed E-state index contributed by atoms with van der Waals surface area (Å²) in [7, 11) is 0. The molecule has 2 fully saturated rings. The Bertz CT molecular complexity index is 169. The molecule has 3 nitrogen and oxygen atoms in total. The molecule has 2 aliphatic rings. The largest absolute Gasteiger partial charge is 0.381 e. The van der Waals surface area contributed by atoms with Gasteiger partial charge < -0.3 is 14.8 Å². The first kappa shape index (κ1) is 10.4. The summed E-state index contributed by atoms with van der Waals surface area (Å²) < 4.78 is 11.3. The molecule has 2 heterocycles. The summed E-state index contributed by atoms with van der Waals surface area (Å²) in [5.41, 5.74) is 0. The minimum absolute atomic E-state index is 0.421. The number of nitrogens with one attached hydrogen (secondary N) is 1. The highest BCUT2D eigenvalue weighted by atomic mass is 16.5. The van der Waals surface area contributed by atoms with Crippen molar-refractivity contribution in [1.29, 1.82) is 0 Å². The molecule has 0 spiro atoms. The van der Waals surface area contributed by atoms with Crippen molar-refractivity contribution in [3.63, 3.8) is 0 Å². The van der Waals surface area contributed by atoms with Crippen LogP contribution in [0.5, 0.6) is 0 Å². The summed E-state index contributed by atoms with van der Waals surface area (Å²) in [5.74, 6) is 0.643. The second-order valence-electron chi connectivity index (χ2n) is 4.49.